The molecule has 0 N–H and O–H groups in total. The van der Waals surface area contributed by atoms with Gasteiger partial charge in [0.2, 0.25) is 15.5 Å². The minimum atomic E-state index is -0.129. The average Bonchev–Trinajstić information content (AvgIpc) is 2.58. The van der Waals surface area contributed by atoms with E-state index in [0.717, 1.165) is 0 Å². The molecule has 0 aliphatic carbocycles. The van der Waals surface area contributed by atoms with Gasteiger partial charge in [0, 0.05) is 13.0 Å². The van der Waals surface area contributed by atoms with Gasteiger partial charge in [-0.05, 0) is 11.6 Å². The van der Waals surface area contributed by atoms with Crippen molar-refractivity contribution in [2.45, 2.75) is 11.8 Å². The van der Waals surface area contributed by atoms with Crippen molar-refractivity contribution in [3.8, 4) is 0 Å². The molecule has 7 heteroatoms. The Morgan fingerprint density at radius 1 is 1.54 bits per heavy atom. The highest BCUT2D eigenvalue weighted by Crippen LogP contribution is 2.28. The highest BCUT2D eigenvalue weighted by atomic mass is 35.5. The summed E-state index contributed by atoms with van der Waals surface area (Å²) < 4.78 is 0.334. The first-order valence-electron chi connectivity index (χ1n) is 3.60. The van der Waals surface area contributed by atoms with Crippen LogP contribution in [0.1, 0.15) is 6.42 Å². The molecular formula is C6H5Cl2N3OS. The van der Waals surface area contributed by atoms with Crippen LogP contribution in [0.25, 0.3) is 0 Å². The summed E-state index contributed by atoms with van der Waals surface area (Å²) in [6.07, 6.45) is 0.360. The predicted molar refractivity (Wildman–Crippen MR) is 51.5 cm³/mol. The fourth-order valence-electron chi connectivity index (χ4n) is 1.16. The molecule has 2 heterocycles. The molecule has 0 aromatic carbocycles. The molecular weight excluding hydrogens is 233 g/mol. The maximum absolute atomic E-state index is 11.3. The molecule has 4 nitrogen and oxygen atoms in total. The minimum Gasteiger partial charge on any atom is -0.285 e. The van der Waals surface area contributed by atoms with Gasteiger partial charge in [0.1, 0.15) is 0 Å². The molecule has 1 saturated heterocycles. The van der Waals surface area contributed by atoms with E-state index in [4.69, 9.17) is 23.2 Å². The number of halogens is 2. The smallest absolute Gasteiger partial charge is 0.230 e. The van der Waals surface area contributed by atoms with Gasteiger partial charge in [-0.25, -0.2) is 0 Å². The Labute approximate surface area is 88.5 Å². The first-order chi connectivity index (χ1) is 6.16. The summed E-state index contributed by atoms with van der Waals surface area (Å²) in [6, 6.07) is 0. The second-order valence-electron chi connectivity index (χ2n) is 2.64. The molecule has 1 aromatic rings. The Morgan fingerprint density at radius 3 is 2.77 bits per heavy atom. The van der Waals surface area contributed by atoms with Gasteiger partial charge in [-0.3, -0.25) is 9.69 Å². The molecule has 1 aliphatic heterocycles. The van der Waals surface area contributed by atoms with Crippen LogP contribution in [0.2, 0.25) is 4.47 Å². The summed E-state index contributed by atoms with van der Waals surface area (Å²) in [5.41, 5.74) is 0. The van der Waals surface area contributed by atoms with Crippen LogP contribution in [-0.4, -0.2) is 28.0 Å². The first-order valence-corrected chi connectivity index (χ1v) is 5.23. The van der Waals surface area contributed by atoms with E-state index in [1.165, 1.54) is 16.2 Å². The zero-order chi connectivity index (χ0) is 9.42. The molecule has 2 rings (SSSR count). The van der Waals surface area contributed by atoms with Gasteiger partial charge in [0.05, 0.1) is 5.38 Å². The maximum atomic E-state index is 11.3. The normalized spacial score (nSPS) is 22.8. The maximum Gasteiger partial charge on any atom is 0.230 e. The number of anilines is 1. The van der Waals surface area contributed by atoms with E-state index in [0.29, 0.717) is 22.6 Å². The van der Waals surface area contributed by atoms with Crippen LogP contribution in [0.15, 0.2) is 0 Å². The Hall–Kier alpha value is -0.390. The molecule has 1 aromatic heterocycles. The molecule has 70 valence electrons. The van der Waals surface area contributed by atoms with Crippen molar-refractivity contribution in [2.75, 3.05) is 11.4 Å². The standard InChI is InChI=1S/C6H5Cl2N3OS/c7-3-1-4(12)11(2-3)6-10-9-5(8)13-6/h3H,1-2H2. The largest absolute Gasteiger partial charge is 0.285 e. The number of nitrogens with zero attached hydrogens (tertiary/aromatic N) is 3. The SMILES string of the molecule is O=C1CC(Cl)CN1c1nnc(Cl)s1. The summed E-state index contributed by atoms with van der Waals surface area (Å²) >= 11 is 12.6. The van der Waals surface area contributed by atoms with E-state index in [-0.39, 0.29) is 11.3 Å². The lowest BCUT2D eigenvalue weighted by Crippen LogP contribution is -2.24. The lowest BCUT2D eigenvalue weighted by molar-refractivity contribution is -0.117. The number of amides is 1. The quantitative estimate of drug-likeness (QED) is 0.697. The highest BCUT2D eigenvalue weighted by molar-refractivity contribution is 7.19. The zero-order valence-corrected chi connectivity index (χ0v) is 8.73. The Balaban J connectivity index is 2.22. The molecule has 13 heavy (non-hydrogen) atoms. The average molecular weight is 238 g/mol. The third kappa shape index (κ3) is 1.77. The predicted octanol–water partition coefficient (Wildman–Crippen LogP) is 1.54. The number of carbonyl (C=O) groups is 1. The van der Waals surface area contributed by atoms with Crippen LogP contribution in [0.4, 0.5) is 5.13 Å². The number of carbonyl (C=O) groups excluding carboxylic acids is 1. The third-order valence-corrected chi connectivity index (χ3v) is 3.03. The first kappa shape index (κ1) is 9.18. The summed E-state index contributed by atoms with van der Waals surface area (Å²) in [7, 11) is 0. The summed E-state index contributed by atoms with van der Waals surface area (Å²) in [6.45, 7) is 0.492. The summed E-state index contributed by atoms with van der Waals surface area (Å²) in [5, 5.41) is 7.78. The van der Waals surface area contributed by atoms with E-state index in [9.17, 15) is 4.79 Å². The van der Waals surface area contributed by atoms with Crippen LogP contribution >= 0.6 is 34.5 Å². The Bertz CT molecular complexity index is 342. The fraction of sp³-hybridized carbons (Fsp3) is 0.500. The lowest BCUT2D eigenvalue weighted by atomic mass is 10.4. The number of rotatable bonds is 1. The van der Waals surface area contributed by atoms with Gasteiger partial charge in [-0.2, -0.15) is 0 Å². The van der Waals surface area contributed by atoms with Gasteiger partial charge in [-0.15, -0.1) is 21.8 Å². The van der Waals surface area contributed by atoms with Gasteiger partial charge in [0.25, 0.3) is 0 Å². The Morgan fingerprint density at radius 2 is 2.31 bits per heavy atom. The van der Waals surface area contributed by atoms with E-state index in [1.54, 1.807) is 0 Å². The highest BCUT2D eigenvalue weighted by Gasteiger charge is 2.31. The number of hydrogen-bond donors (Lipinski definition) is 0. The zero-order valence-electron chi connectivity index (χ0n) is 6.41. The fourth-order valence-corrected chi connectivity index (χ4v) is 2.27. The van der Waals surface area contributed by atoms with Crippen LogP contribution in [-0.2, 0) is 4.79 Å². The molecule has 0 bridgehead atoms. The monoisotopic (exact) mass is 237 g/mol. The van der Waals surface area contributed by atoms with Crippen LogP contribution in [0.3, 0.4) is 0 Å². The minimum absolute atomic E-state index is 0.0205. The Kier molecular flexibility index (Phi) is 2.40. The molecule has 1 atom stereocenters. The van der Waals surface area contributed by atoms with Gasteiger partial charge in [0.15, 0.2) is 0 Å². The summed E-state index contributed by atoms with van der Waals surface area (Å²) in [5.74, 6) is -0.0205. The van der Waals surface area contributed by atoms with Crippen molar-refractivity contribution in [3.05, 3.63) is 4.47 Å². The van der Waals surface area contributed by atoms with Crippen molar-refractivity contribution in [2.24, 2.45) is 0 Å². The second kappa shape index (κ2) is 3.40. The molecule has 1 unspecified atom stereocenters. The van der Waals surface area contributed by atoms with Crippen molar-refractivity contribution in [1.82, 2.24) is 10.2 Å². The number of hydrogen-bond acceptors (Lipinski definition) is 4. The van der Waals surface area contributed by atoms with E-state index >= 15 is 0 Å². The third-order valence-electron chi connectivity index (χ3n) is 1.70. The van der Waals surface area contributed by atoms with Crippen molar-refractivity contribution < 1.29 is 4.79 Å². The topological polar surface area (TPSA) is 46.1 Å². The lowest BCUT2D eigenvalue weighted by Gasteiger charge is -2.09. The van der Waals surface area contributed by atoms with Gasteiger partial charge in [-0.1, -0.05) is 11.3 Å². The molecule has 0 radical (unpaired) electrons. The van der Waals surface area contributed by atoms with Crippen molar-refractivity contribution in [3.63, 3.8) is 0 Å². The van der Waals surface area contributed by atoms with Crippen LogP contribution < -0.4 is 4.90 Å². The molecule has 0 saturated carbocycles. The summed E-state index contributed by atoms with van der Waals surface area (Å²) in [4.78, 5) is 12.8. The van der Waals surface area contributed by atoms with E-state index < -0.39 is 0 Å². The number of aromatic nitrogens is 2. The van der Waals surface area contributed by atoms with Gasteiger partial charge >= 0.3 is 0 Å². The van der Waals surface area contributed by atoms with Gasteiger partial charge < -0.3 is 0 Å². The van der Waals surface area contributed by atoms with Crippen LogP contribution in [0.5, 0.6) is 0 Å². The molecule has 1 amide bonds. The van der Waals surface area contributed by atoms with Crippen molar-refractivity contribution >= 4 is 45.6 Å². The molecule has 1 fully saturated rings. The second-order valence-corrected chi connectivity index (χ2v) is 4.80. The van der Waals surface area contributed by atoms with Crippen molar-refractivity contribution in [1.29, 1.82) is 0 Å². The van der Waals surface area contributed by atoms with Crippen LogP contribution in [0, 0.1) is 0 Å². The van der Waals surface area contributed by atoms with E-state index in [1.807, 2.05) is 0 Å². The number of alkyl halides is 1. The molecule has 1 aliphatic rings. The molecule has 0 spiro atoms. The van der Waals surface area contributed by atoms with E-state index in [2.05, 4.69) is 10.2 Å².